The molecule has 0 bridgehead atoms. The smallest absolute Gasteiger partial charge is 0.326 e. The molecular weight excluding hydrogens is 390 g/mol. The second-order valence-electron chi connectivity index (χ2n) is 6.51. The van der Waals surface area contributed by atoms with Crippen LogP contribution >= 0.6 is 11.6 Å². The Kier molecular flexibility index (Phi) is 9.23. The normalized spacial score (nSPS) is 12.7. The van der Waals surface area contributed by atoms with Gasteiger partial charge < -0.3 is 26.2 Å². The summed E-state index contributed by atoms with van der Waals surface area (Å²) in [6, 6.07) is 3.92. The Morgan fingerprint density at radius 1 is 1.04 bits per heavy atom. The summed E-state index contributed by atoms with van der Waals surface area (Å²) in [6.45, 7) is 3.60. The molecule has 3 amide bonds. The van der Waals surface area contributed by atoms with Crippen LogP contribution in [0.5, 0.6) is 0 Å². The molecule has 0 fully saturated rings. The Labute approximate surface area is 167 Å². The van der Waals surface area contributed by atoms with Crippen LogP contribution in [0.3, 0.4) is 0 Å². The average molecular weight is 414 g/mol. The monoisotopic (exact) mass is 413 g/mol. The maximum Gasteiger partial charge on any atom is 0.326 e. The third-order valence-corrected chi connectivity index (χ3v) is 4.12. The van der Waals surface area contributed by atoms with Gasteiger partial charge in [-0.15, -0.1) is 0 Å². The van der Waals surface area contributed by atoms with Gasteiger partial charge in [0.05, 0.1) is 0 Å². The molecule has 0 saturated carbocycles. The molecule has 0 spiro atoms. The summed E-state index contributed by atoms with van der Waals surface area (Å²) >= 11 is 5.80. The third kappa shape index (κ3) is 8.26. The van der Waals surface area contributed by atoms with Crippen LogP contribution in [0, 0.1) is 5.92 Å². The first-order chi connectivity index (χ1) is 13.1. The minimum Gasteiger partial charge on any atom is -0.481 e. The zero-order valence-electron chi connectivity index (χ0n) is 15.6. The van der Waals surface area contributed by atoms with E-state index in [1.807, 2.05) is 0 Å². The van der Waals surface area contributed by atoms with Crippen LogP contribution < -0.4 is 16.0 Å². The summed E-state index contributed by atoms with van der Waals surface area (Å²) in [7, 11) is 0. The van der Waals surface area contributed by atoms with Gasteiger partial charge in [0.15, 0.2) is 0 Å². The number of halogens is 1. The number of hydrogen-bond acceptors (Lipinski definition) is 4. The molecule has 0 saturated heterocycles. The summed E-state index contributed by atoms with van der Waals surface area (Å²) in [5, 5.41) is 25.8. The fourth-order valence-corrected chi connectivity index (χ4v) is 2.42. The van der Waals surface area contributed by atoms with E-state index < -0.39 is 42.4 Å². The highest BCUT2D eigenvalue weighted by molar-refractivity contribution is 6.30. The third-order valence-electron chi connectivity index (χ3n) is 3.86. The van der Waals surface area contributed by atoms with Gasteiger partial charge in [0.1, 0.15) is 12.1 Å². The quantitative estimate of drug-likeness (QED) is 0.394. The Balaban J connectivity index is 2.65. The van der Waals surface area contributed by atoms with Crippen LogP contribution in [0.15, 0.2) is 24.3 Å². The van der Waals surface area contributed by atoms with E-state index in [9.17, 15) is 19.2 Å². The molecule has 0 aliphatic heterocycles. The van der Waals surface area contributed by atoms with Gasteiger partial charge in [-0.25, -0.2) is 9.59 Å². The van der Waals surface area contributed by atoms with Crippen molar-refractivity contribution >= 4 is 35.5 Å². The van der Waals surface area contributed by atoms with E-state index in [1.165, 1.54) is 0 Å². The number of hydrogen-bond donors (Lipinski definition) is 5. The van der Waals surface area contributed by atoms with Gasteiger partial charge in [0.2, 0.25) is 5.91 Å². The number of carbonyl (C=O) groups is 4. The largest absolute Gasteiger partial charge is 0.481 e. The van der Waals surface area contributed by atoms with Gasteiger partial charge in [0.25, 0.3) is 0 Å². The molecule has 1 rings (SSSR count). The van der Waals surface area contributed by atoms with Gasteiger partial charge in [-0.1, -0.05) is 37.6 Å². The van der Waals surface area contributed by atoms with Crippen molar-refractivity contribution in [2.75, 3.05) is 0 Å². The number of urea groups is 1. The number of carbonyl (C=O) groups excluding carboxylic acids is 2. The molecule has 0 aromatic heterocycles. The summed E-state index contributed by atoms with van der Waals surface area (Å²) in [4.78, 5) is 46.4. The first-order valence-corrected chi connectivity index (χ1v) is 9.01. The fourth-order valence-electron chi connectivity index (χ4n) is 2.30. The predicted molar refractivity (Wildman–Crippen MR) is 102 cm³/mol. The van der Waals surface area contributed by atoms with Gasteiger partial charge in [-0.3, -0.25) is 9.59 Å². The highest BCUT2D eigenvalue weighted by atomic mass is 35.5. The molecule has 28 heavy (non-hydrogen) atoms. The maximum absolute atomic E-state index is 12.4. The number of nitrogens with one attached hydrogen (secondary N) is 3. The molecule has 9 nitrogen and oxygen atoms in total. The summed E-state index contributed by atoms with van der Waals surface area (Å²) in [6.07, 6.45) is -0.664. The van der Waals surface area contributed by atoms with Crippen LogP contribution in [0.25, 0.3) is 0 Å². The molecule has 0 heterocycles. The van der Waals surface area contributed by atoms with Crippen molar-refractivity contribution in [3.05, 3.63) is 34.9 Å². The van der Waals surface area contributed by atoms with Crippen LogP contribution in [0.1, 0.15) is 32.3 Å². The highest BCUT2D eigenvalue weighted by Gasteiger charge is 2.28. The molecular formula is C18H24ClN3O6. The fraction of sp³-hybridized carbons (Fsp3) is 0.444. The van der Waals surface area contributed by atoms with Crippen molar-refractivity contribution in [2.45, 2.75) is 45.3 Å². The van der Waals surface area contributed by atoms with E-state index in [0.717, 1.165) is 5.56 Å². The van der Waals surface area contributed by atoms with Gasteiger partial charge in [0, 0.05) is 18.0 Å². The van der Waals surface area contributed by atoms with Crippen molar-refractivity contribution < 1.29 is 29.4 Å². The SMILES string of the molecule is CC(C)[C@H](NC(=O)NCc1ccc(Cl)cc1)C(=O)N[C@H](CCC(=O)O)C(=O)O. The lowest BCUT2D eigenvalue weighted by atomic mass is 10.0. The molecule has 10 heteroatoms. The lowest BCUT2D eigenvalue weighted by molar-refractivity contribution is -0.143. The zero-order valence-corrected chi connectivity index (χ0v) is 16.3. The van der Waals surface area contributed by atoms with Gasteiger partial charge >= 0.3 is 18.0 Å². The van der Waals surface area contributed by atoms with Crippen molar-refractivity contribution in [3.63, 3.8) is 0 Å². The zero-order chi connectivity index (χ0) is 21.3. The lowest BCUT2D eigenvalue weighted by Gasteiger charge is -2.24. The molecule has 1 aromatic carbocycles. The lowest BCUT2D eigenvalue weighted by Crippen LogP contribution is -2.55. The Hall–Kier alpha value is -2.81. The second kappa shape index (κ2) is 11.1. The minimum atomic E-state index is -1.36. The van der Waals surface area contributed by atoms with Crippen LogP contribution in [-0.2, 0) is 20.9 Å². The van der Waals surface area contributed by atoms with E-state index in [-0.39, 0.29) is 18.9 Å². The Morgan fingerprint density at radius 2 is 1.64 bits per heavy atom. The Bertz CT molecular complexity index is 708. The summed E-state index contributed by atoms with van der Waals surface area (Å²) in [5.74, 6) is -3.53. The molecule has 1 aromatic rings. The number of carboxylic acids is 2. The number of benzene rings is 1. The van der Waals surface area contributed by atoms with E-state index in [2.05, 4.69) is 16.0 Å². The topological polar surface area (TPSA) is 145 Å². The van der Waals surface area contributed by atoms with E-state index in [4.69, 9.17) is 21.8 Å². The molecule has 5 N–H and O–H groups in total. The number of amides is 3. The first kappa shape index (κ1) is 23.2. The van der Waals surface area contributed by atoms with Crippen molar-refractivity contribution in [1.29, 1.82) is 0 Å². The van der Waals surface area contributed by atoms with Crippen LogP contribution in [0.2, 0.25) is 5.02 Å². The van der Waals surface area contributed by atoms with E-state index in [0.29, 0.717) is 5.02 Å². The van der Waals surface area contributed by atoms with Crippen molar-refractivity contribution in [3.8, 4) is 0 Å². The van der Waals surface area contributed by atoms with Crippen molar-refractivity contribution in [1.82, 2.24) is 16.0 Å². The van der Waals surface area contributed by atoms with Crippen LogP contribution in [-0.4, -0.2) is 46.2 Å². The highest BCUT2D eigenvalue weighted by Crippen LogP contribution is 2.09. The van der Waals surface area contributed by atoms with Gasteiger partial charge in [-0.05, 0) is 30.0 Å². The molecule has 0 unspecified atom stereocenters. The standard InChI is InChI=1S/C18H24ClN3O6/c1-10(2)15(16(25)21-13(17(26)27)7-8-14(23)24)22-18(28)20-9-11-3-5-12(19)6-4-11/h3-6,10,13,15H,7-9H2,1-2H3,(H,21,25)(H,23,24)(H,26,27)(H2,20,22,28)/t13-,15+/m1/s1. The molecule has 0 aliphatic carbocycles. The Morgan fingerprint density at radius 3 is 2.14 bits per heavy atom. The molecule has 0 aliphatic rings. The van der Waals surface area contributed by atoms with Crippen molar-refractivity contribution in [2.24, 2.45) is 5.92 Å². The van der Waals surface area contributed by atoms with Crippen LogP contribution in [0.4, 0.5) is 4.79 Å². The van der Waals surface area contributed by atoms with E-state index in [1.54, 1.807) is 38.1 Å². The number of carboxylic acid groups (broad SMARTS) is 2. The van der Waals surface area contributed by atoms with Gasteiger partial charge in [-0.2, -0.15) is 0 Å². The first-order valence-electron chi connectivity index (χ1n) is 8.64. The summed E-state index contributed by atoms with van der Waals surface area (Å²) < 4.78 is 0. The molecule has 154 valence electrons. The molecule has 2 atom stereocenters. The predicted octanol–water partition coefficient (Wildman–Crippen LogP) is 1.60. The summed E-state index contributed by atoms with van der Waals surface area (Å²) in [5.41, 5.74) is 0.810. The molecule has 0 radical (unpaired) electrons. The number of rotatable bonds is 10. The minimum absolute atomic E-state index is 0.214. The maximum atomic E-state index is 12.4. The number of aliphatic carboxylic acids is 2. The van der Waals surface area contributed by atoms with E-state index >= 15 is 0 Å². The average Bonchev–Trinajstić information content (AvgIpc) is 2.61. The second-order valence-corrected chi connectivity index (χ2v) is 6.94.